The fourth-order valence-corrected chi connectivity index (χ4v) is 3.71. The van der Waals surface area contributed by atoms with E-state index in [-0.39, 0.29) is 17.8 Å². The van der Waals surface area contributed by atoms with E-state index in [4.69, 9.17) is 0 Å². The van der Waals surface area contributed by atoms with Crippen LogP contribution in [0.25, 0.3) is 0 Å². The van der Waals surface area contributed by atoms with Crippen LogP contribution in [0.4, 0.5) is 10.3 Å². The molecule has 0 saturated carbocycles. The predicted molar refractivity (Wildman–Crippen MR) is 116 cm³/mol. The van der Waals surface area contributed by atoms with Crippen LogP contribution in [-0.2, 0) is 10.3 Å². The van der Waals surface area contributed by atoms with Gasteiger partial charge in [-0.15, -0.1) is 0 Å². The average molecular weight is 423 g/mol. The van der Waals surface area contributed by atoms with Crippen molar-refractivity contribution in [1.82, 2.24) is 25.6 Å². The molecule has 0 aliphatic carbocycles. The molecule has 1 atom stereocenters. The van der Waals surface area contributed by atoms with Crippen molar-refractivity contribution in [2.24, 2.45) is 4.99 Å². The number of pyridine rings is 1. The number of anilines is 1. The molecule has 4 rings (SSSR count). The SMILES string of the molecule is CC(C)(Nc1ncc(C2=NC(CNC(=O)[C@H]3CCCN3)=CC2)cn1)c1ncccc1F. The lowest BCUT2D eigenvalue weighted by Gasteiger charge is -2.25. The number of allylic oxidation sites excluding steroid dienone is 1. The van der Waals surface area contributed by atoms with E-state index < -0.39 is 5.54 Å². The lowest BCUT2D eigenvalue weighted by molar-refractivity contribution is -0.122. The molecule has 2 aliphatic heterocycles. The highest BCUT2D eigenvalue weighted by molar-refractivity contribution is 6.03. The molecule has 1 fully saturated rings. The standard InChI is InChI=1S/C22H26FN7O/c1-22(2,19-16(23)5-3-10-25-19)30-21-27-11-14(12-28-21)17-8-7-15(29-17)13-26-20(31)18-6-4-9-24-18/h3,5,7,10-12,18,24H,4,6,8-9,13H2,1-2H3,(H,26,31)(H,27,28,30)/t18-/m1/s1. The summed E-state index contributed by atoms with van der Waals surface area (Å²) in [4.78, 5) is 29.6. The third-order valence-electron chi connectivity index (χ3n) is 5.39. The van der Waals surface area contributed by atoms with E-state index in [0.717, 1.165) is 36.4 Å². The zero-order valence-electron chi connectivity index (χ0n) is 17.7. The van der Waals surface area contributed by atoms with Crippen LogP contribution in [0.15, 0.2) is 47.5 Å². The maximum absolute atomic E-state index is 14.1. The van der Waals surface area contributed by atoms with E-state index in [0.29, 0.717) is 24.6 Å². The highest BCUT2D eigenvalue weighted by atomic mass is 19.1. The minimum atomic E-state index is -0.779. The van der Waals surface area contributed by atoms with Crippen LogP contribution in [0.3, 0.4) is 0 Å². The van der Waals surface area contributed by atoms with Gasteiger partial charge in [-0.05, 0) is 45.4 Å². The molecular formula is C22H26FN7O. The Morgan fingerprint density at radius 3 is 2.81 bits per heavy atom. The number of nitrogens with zero attached hydrogens (tertiary/aromatic N) is 4. The first-order valence-corrected chi connectivity index (χ1v) is 10.4. The van der Waals surface area contributed by atoms with Gasteiger partial charge >= 0.3 is 0 Å². The molecule has 8 nitrogen and oxygen atoms in total. The van der Waals surface area contributed by atoms with Crippen LogP contribution >= 0.6 is 0 Å². The van der Waals surface area contributed by atoms with Crippen molar-refractivity contribution < 1.29 is 9.18 Å². The third kappa shape index (κ3) is 4.93. The second kappa shape index (κ2) is 8.89. The van der Waals surface area contributed by atoms with Gasteiger partial charge in [0.05, 0.1) is 29.5 Å². The zero-order chi connectivity index (χ0) is 21.8. The third-order valence-corrected chi connectivity index (χ3v) is 5.39. The van der Waals surface area contributed by atoms with Crippen molar-refractivity contribution in [1.29, 1.82) is 0 Å². The Morgan fingerprint density at radius 1 is 1.29 bits per heavy atom. The van der Waals surface area contributed by atoms with Crippen LogP contribution in [0.5, 0.6) is 0 Å². The van der Waals surface area contributed by atoms with Crippen molar-refractivity contribution in [2.45, 2.75) is 44.7 Å². The van der Waals surface area contributed by atoms with Gasteiger partial charge in [0.1, 0.15) is 11.5 Å². The van der Waals surface area contributed by atoms with Crippen LogP contribution in [0.2, 0.25) is 0 Å². The number of carbonyl (C=O) groups excluding carboxylic acids is 1. The van der Waals surface area contributed by atoms with E-state index in [1.807, 2.05) is 19.9 Å². The first-order valence-electron chi connectivity index (χ1n) is 10.4. The minimum absolute atomic E-state index is 0.0211. The number of rotatable bonds is 7. The van der Waals surface area contributed by atoms with Crippen molar-refractivity contribution in [3.63, 3.8) is 0 Å². The molecule has 0 radical (unpaired) electrons. The Kier molecular flexibility index (Phi) is 6.03. The number of amides is 1. The van der Waals surface area contributed by atoms with Crippen LogP contribution in [0.1, 0.15) is 44.4 Å². The van der Waals surface area contributed by atoms with Crippen molar-refractivity contribution in [3.8, 4) is 0 Å². The Balaban J connectivity index is 1.35. The zero-order valence-corrected chi connectivity index (χ0v) is 17.7. The van der Waals surface area contributed by atoms with Gasteiger partial charge < -0.3 is 16.0 Å². The molecule has 0 spiro atoms. The largest absolute Gasteiger partial charge is 0.349 e. The average Bonchev–Trinajstić information content (AvgIpc) is 3.45. The molecule has 0 bridgehead atoms. The van der Waals surface area contributed by atoms with E-state index in [9.17, 15) is 9.18 Å². The summed E-state index contributed by atoms with van der Waals surface area (Å²) in [6.07, 6.45) is 9.50. The number of aromatic nitrogens is 3. The summed E-state index contributed by atoms with van der Waals surface area (Å²) < 4.78 is 14.1. The Morgan fingerprint density at radius 2 is 2.10 bits per heavy atom. The second-order valence-corrected chi connectivity index (χ2v) is 8.20. The quantitative estimate of drug-likeness (QED) is 0.631. The summed E-state index contributed by atoms with van der Waals surface area (Å²) >= 11 is 0. The molecular weight excluding hydrogens is 397 g/mol. The van der Waals surface area contributed by atoms with Crippen LogP contribution < -0.4 is 16.0 Å². The number of hydrogen-bond acceptors (Lipinski definition) is 7. The molecule has 1 saturated heterocycles. The first kappa shape index (κ1) is 21.0. The van der Waals surface area contributed by atoms with Gasteiger partial charge in [0.25, 0.3) is 0 Å². The van der Waals surface area contributed by atoms with E-state index in [2.05, 4.69) is 35.9 Å². The lowest BCUT2D eigenvalue weighted by atomic mass is 9.99. The van der Waals surface area contributed by atoms with E-state index >= 15 is 0 Å². The monoisotopic (exact) mass is 423 g/mol. The smallest absolute Gasteiger partial charge is 0.237 e. The van der Waals surface area contributed by atoms with Gasteiger partial charge in [-0.2, -0.15) is 0 Å². The summed E-state index contributed by atoms with van der Waals surface area (Å²) in [6.45, 7) is 4.94. The van der Waals surface area contributed by atoms with Gasteiger partial charge in [0.2, 0.25) is 11.9 Å². The highest BCUT2D eigenvalue weighted by Gasteiger charge is 2.26. The summed E-state index contributed by atoms with van der Waals surface area (Å²) in [6, 6.07) is 2.84. The molecule has 1 amide bonds. The van der Waals surface area contributed by atoms with Crippen LogP contribution in [-0.4, -0.2) is 45.7 Å². The normalized spacial score (nSPS) is 18.5. The lowest BCUT2D eigenvalue weighted by Crippen LogP contribution is -2.40. The number of hydrogen-bond donors (Lipinski definition) is 3. The molecule has 2 aliphatic rings. The molecule has 0 unspecified atom stereocenters. The van der Waals surface area contributed by atoms with Crippen LogP contribution in [0, 0.1) is 5.82 Å². The molecule has 31 heavy (non-hydrogen) atoms. The Labute approximate surface area is 180 Å². The predicted octanol–water partition coefficient (Wildman–Crippen LogP) is 2.30. The second-order valence-electron chi connectivity index (χ2n) is 8.20. The number of aliphatic imine (C=N–C) groups is 1. The summed E-state index contributed by atoms with van der Waals surface area (Å²) in [5, 5.41) is 9.26. The Bertz CT molecular complexity index is 1010. The highest BCUT2D eigenvalue weighted by Crippen LogP contribution is 2.24. The molecule has 162 valence electrons. The topological polar surface area (TPSA) is 104 Å². The fraction of sp³-hybridized carbons (Fsp3) is 0.409. The van der Waals surface area contributed by atoms with Crippen molar-refractivity contribution >= 4 is 17.6 Å². The van der Waals surface area contributed by atoms with E-state index in [1.165, 1.54) is 6.07 Å². The fourth-order valence-electron chi connectivity index (χ4n) is 3.71. The molecule has 2 aromatic rings. The molecule has 4 heterocycles. The van der Waals surface area contributed by atoms with Gasteiger partial charge in [0.15, 0.2) is 0 Å². The first-order chi connectivity index (χ1) is 14.9. The number of nitrogens with one attached hydrogen (secondary N) is 3. The molecule has 2 aromatic heterocycles. The Hall–Kier alpha value is -3.20. The maximum Gasteiger partial charge on any atom is 0.237 e. The summed E-state index contributed by atoms with van der Waals surface area (Å²) in [5.41, 5.74) is 2.01. The van der Waals surface area contributed by atoms with Gasteiger partial charge in [0, 0.05) is 30.6 Å². The number of halogens is 1. The molecule has 0 aromatic carbocycles. The van der Waals surface area contributed by atoms with Gasteiger partial charge in [-0.1, -0.05) is 6.08 Å². The number of carbonyl (C=O) groups is 1. The minimum Gasteiger partial charge on any atom is -0.349 e. The maximum atomic E-state index is 14.1. The van der Waals surface area contributed by atoms with E-state index in [1.54, 1.807) is 24.7 Å². The van der Waals surface area contributed by atoms with Gasteiger partial charge in [-0.3, -0.25) is 14.8 Å². The summed E-state index contributed by atoms with van der Waals surface area (Å²) in [7, 11) is 0. The summed E-state index contributed by atoms with van der Waals surface area (Å²) in [5.74, 6) is 0.0148. The van der Waals surface area contributed by atoms with Crippen molar-refractivity contribution in [2.75, 3.05) is 18.4 Å². The van der Waals surface area contributed by atoms with Gasteiger partial charge in [-0.25, -0.2) is 14.4 Å². The molecule has 3 N–H and O–H groups in total. The van der Waals surface area contributed by atoms with Crippen molar-refractivity contribution in [3.05, 3.63) is 59.6 Å². The molecule has 9 heteroatoms.